The number of anilines is 1. The van der Waals surface area contributed by atoms with Crippen LogP contribution in [0.1, 0.15) is 49.9 Å². The fourth-order valence-corrected chi connectivity index (χ4v) is 3.10. The number of nitrogens with one attached hydrogen (secondary N) is 1. The zero-order valence-corrected chi connectivity index (χ0v) is 14.2. The Bertz CT molecular complexity index is 655. The fraction of sp³-hybridized carbons (Fsp3) is 0.562. The third-order valence-electron chi connectivity index (χ3n) is 4.44. The molecule has 0 amide bonds. The minimum absolute atomic E-state index is 0.0695. The average molecular weight is 351 g/mol. The number of nitro benzene ring substituents is 2. The molecule has 9 nitrogen and oxygen atoms in total. The largest absolute Gasteiger partial charge is 0.462 e. The van der Waals surface area contributed by atoms with Crippen LogP contribution in [-0.4, -0.2) is 28.5 Å². The number of nitro groups is 2. The van der Waals surface area contributed by atoms with Crippen molar-refractivity contribution in [2.75, 3.05) is 11.9 Å². The molecular weight excluding hydrogens is 330 g/mol. The lowest BCUT2D eigenvalue weighted by molar-refractivity contribution is -0.392. The van der Waals surface area contributed by atoms with E-state index in [2.05, 4.69) is 5.32 Å². The molecule has 1 fully saturated rings. The van der Waals surface area contributed by atoms with Gasteiger partial charge in [-0.15, -0.1) is 0 Å². The number of carbonyl (C=O) groups is 1. The third kappa shape index (κ3) is 4.23. The van der Waals surface area contributed by atoms with Crippen LogP contribution >= 0.6 is 0 Å². The van der Waals surface area contributed by atoms with Crippen LogP contribution in [0.3, 0.4) is 0 Å². The molecule has 2 rings (SSSR count). The summed E-state index contributed by atoms with van der Waals surface area (Å²) in [4.78, 5) is 33.3. The molecule has 1 aromatic carbocycles. The normalized spacial score (nSPS) is 19.9. The van der Waals surface area contributed by atoms with E-state index in [9.17, 15) is 25.0 Å². The van der Waals surface area contributed by atoms with Crippen molar-refractivity contribution < 1.29 is 19.4 Å². The number of rotatable bonds is 6. The van der Waals surface area contributed by atoms with Crippen molar-refractivity contribution in [1.82, 2.24) is 0 Å². The predicted octanol–water partition coefficient (Wildman–Crippen LogP) is 3.67. The Kier molecular flexibility index (Phi) is 5.89. The molecule has 9 heteroatoms. The van der Waals surface area contributed by atoms with E-state index in [0.717, 1.165) is 37.8 Å². The van der Waals surface area contributed by atoms with E-state index in [1.807, 2.05) is 6.92 Å². The van der Waals surface area contributed by atoms with E-state index in [0.29, 0.717) is 0 Å². The highest BCUT2D eigenvalue weighted by Crippen LogP contribution is 2.38. The van der Waals surface area contributed by atoms with Crippen molar-refractivity contribution in [1.29, 1.82) is 0 Å². The summed E-state index contributed by atoms with van der Waals surface area (Å²) < 4.78 is 4.80. The highest BCUT2D eigenvalue weighted by Gasteiger charge is 2.32. The maximum atomic E-state index is 11.9. The van der Waals surface area contributed by atoms with Gasteiger partial charge in [0.1, 0.15) is 0 Å². The molecule has 25 heavy (non-hydrogen) atoms. The minimum atomic E-state index is -0.828. The minimum Gasteiger partial charge on any atom is -0.462 e. The molecule has 1 aromatic rings. The van der Waals surface area contributed by atoms with E-state index in [1.54, 1.807) is 6.92 Å². The molecule has 2 unspecified atom stereocenters. The van der Waals surface area contributed by atoms with E-state index in [4.69, 9.17) is 4.74 Å². The zero-order chi connectivity index (χ0) is 18.6. The number of hydrogen-bond acceptors (Lipinski definition) is 7. The van der Waals surface area contributed by atoms with Gasteiger partial charge in [-0.05, 0) is 25.7 Å². The molecule has 1 saturated carbocycles. The van der Waals surface area contributed by atoms with Crippen LogP contribution in [0.25, 0.3) is 0 Å². The molecule has 1 aliphatic carbocycles. The summed E-state index contributed by atoms with van der Waals surface area (Å²) in [6, 6.07) is 1.97. The van der Waals surface area contributed by atoms with Gasteiger partial charge >= 0.3 is 5.97 Å². The van der Waals surface area contributed by atoms with Gasteiger partial charge in [-0.1, -0.05) is 19.8 Å². The summed E-state index contributed by atoms with van der Waals surface area (Å²) in [6.07, 6.45) is 3.78. The van der Waals surface area contributed by atoms with Gasteiger partial charge in [0.2, 0.25) is 0 Å². The number of benzene rings is 1. The number of carbonyl (C=O) groups excluding carboxylic acids is 1. The Morgan fingerprint density at radius 2 is 1.76 bits per heavy atom. The number of ether oxygens (including phenoxy) is 1. The predicted molar refractivity (Wildman–Crippen MR) is 90.8 cm³/mol. The zero-order valence-electron chi connectivity index (χ0n) is 14.2. The van der Waals surface area contributed by atoms with Gasteiger partial charge in [0, 0.05) is 18.2 Å². The first-order valence-electron chi connectivity index (χ1n) is 8.25. The maximum absolute atomic E-state index is 11.9. The second-order valence-corrected chi connectivity index (χ2v) is 6.14. The smallest absolute Gasteiger partial charge is 0.338 e. The molecule has 2 atom stereocenters. The van der Waals surface area contributed by atoms with Gasteiger partial charge in [-0.25, -0.2) is 4.79 Å². The van der Waals surface area contributed by atoms with E-state index in [-0.39, 0.29) is 29.8 Å². The van der Waals surface area contributed by atoms with Crippen LogP contribution in [0.4, 0.5) is 17.1 Å². The summed E-state index contributed by atoms with van der Waals surface area (Å²) in [5, 5.41) is 25.9. The molecule has 136 valence electrons. The van der Waals surface area contributed by atoms with Crippen LogP contribution in [-0.2, 0) is 4.74 Å². The van der Waals surface area contributed by atoms with Gasteiger partial charge in [0.15, 0.2) is 5.69 Å². The lowest BCUT2D eigenvalue weighted by atomic mass is 9.85. The Morgan fingerprint density at radius 1 is 1.20 bits per heavy atom. The quantitative estimate of drug-likeness (QED) is 0.471. The van der Waals surface area contributed by atoms with Gasteiger partial charge in [0.05, 0.1) is 22.0 Å². The van der Waals surface area contributed by atoms with Gasteiger partial charge in [-0.2, -0.15) is 0 Å². The first-order chi connectivity index (χ1) is 11.8. The first-order valence-corrected chi connectivity index (χ1v) is 8.25. The first kappa shape index (κ1) is 18.6. The molecule has 0 aliphatic heterocycles. The van der Waals surface area contributed by atoms with E-state index < -0.39 is 27.2 Å². The molecule has 0 spiro atoms. The topological polar surface area (TPSA) is 125 Å². The Labute approximate surface area is 144 Å². The average Bonchev–Trinajstić information content (AvgIpc) is 2.56. The molecule has 0 heterocycles. The second kappa shape index (κ2) is 7.91. The summed E-state index contributed by atoms with van der Waals surface area (Å²) in [7, 11) is 0. The van der Waals surface area contributed by atoms with Crippen molar-refractivity contribution in [2.45, 2.75) is 45.6 Å². The fourth-order valence-electron chi connectivity index (χ4n) is 3.10. The van der Waals surface area contributed by atoms with Crippen LogP contribution in [0, 0.1) is 26.1 Å². The van der Waals surface area contributed by atoms with Gasteiger partial charge < -0.3 is 10.1 Å². The van der Waals surface area contributed by atoms with E-state index in [1.165, 1.54) is 0 Å². The molecule has 0 radical (unpaired) electrons. The Hall–Kier alpha value is -2.71. The van der Waals surface area contributed by atoms with Crippen molar-refractivity contribution in [3.05, 3.63) is 37.9 Å². The summed E-state index contributed by atoms with van der Waals surface area (Å²) >= 11 is 0. The van der Waals surface area contributed by atoms with Crippen LogP contribution in [0.15, 0.2) is 12.1 Å². The lowest BCUT2D eigenvalue weighted by Gasteiger charge is -2.30. The highest BCUT2D eigenvalue weighted by atomic mass is 16.6. The number of esters is 1. The molecule has 1 N–H and O–H groups in total. The van der Waals surface area contributed by atoms with Crippen molar-refractivity contribution in [3.8, 4) is 0 Å². The number of hydrogen-bond donors (Lipinski definition) is 1. The molecular formula is C16H21N3O6. The second-order valence-electron chi connectivity index (χ2n) is 6.14. The monoisotopic (exact) mass is 351 g/mol. The highest BCUT2D eigenvalue weighted by molar-refractivity contribution is 5.93. The Morgan fingerprint density at radius 3 is 2.24 bits per heavy atom. The standard InChI is InChI=1S/C16H21N3O6/c1-3-25-16(20)11-8-13(18(21)22)15(14(9-11)19(23)24)17-12-7-5-4-6-10(12)2/h8-10,12,17H,3-7H2,1-2H3. The molecule has 0 bridgehead atoms. The summed E-state index contributed by atoms with van der Waals surface area (Å²) in [5.74, 6) is -0.580. The van der Waals surface area contributed by atoms with Crippen molar-refractivity contribution >= 4 is 23.0 Å². The summed E-state index contributed by atoms with van der Waals surface area (Å²) in [5.41, 5.74) is -1.34. The SMILES string of the molecule is CCOC(=O)c1cc([N+](=O)[O-])c(NC2CCCCC2C)c([N+](=O)[O-])c1. The van der Waals surface area contributed by atoms with Gasteiger partial charge in [-0.3, -0.25) is 20.2 Å². The lowest BCUT2D eigenvalue weighted by Crippen LogP contribution is -2.31. The van der Waals surface area contributed by atoms with E-state index >= 15 is 0 Å². The Balaban J connectivity index is 2.50. The summed E-state index contributed by atoms with van der Waals surface area (Å²) in [6.45, 7) is 3.67. The molecule has 0 aromatic heterocycles. The van der Waals surface area contributed by atoms with Crippen LogP contribution < -0.4 is 5.32 Å². The van der Waals surface area contributed by atoms with Crippen LogP contribution in [0.2, 0.25) is 0 Å². The van der Waals surface area contributed by atoms with Crippen molar-refractivity contribution in [3.63, 3.8) is 0 Å². The molecule has 1 aliphatic rings. The third-order valence-corrected chi connectivity index (χ3v) is 4.44. The molecule has 0 saturated heterocycles. The van der Waals surface area contributed by atoms with Crippen LogP contribution in [0.5, 0.6) is 0 Å². The van der Waals surface area contributed by atoms with Crippen molar-refractivity contribution in [2.24, 2.45) is 5.92 Å². The number of nitrogens with zero attached hydrogens (tertiary/aromatic N) is 2. The van der Waals surface area contributed by atoms with Gasteiger partial charge in [0.25, 0.3) is 11.4 Å². The maximum Gasteiger partial charge on any atom is 0.338 e.